The number of benzene rings is 1. The van der Waals surface area contributed by atoms with Crippen molar-refractivity contribution < 1.29 is 19.0 Å². The van der Waals surface area contributed by atoms with Gasteiger partial charge in [0, 0.05) is 11.8 Å². The van der Waals surface area contributed by atoms with Crippen LogP contribution in [0.1, 0.15) is 70.8 Å². The summed E-state index contributed by atoms with van der Waals surface area (Å²) in [6.45, 7) is 4.31. The van der Waals surface area contributed by atoms with Gasteiger partial charge in [-0.3, -0.25) is 4.98 Å². The summed E-state index contributed by atoms with van der Waals surface area (Å²) in [6.07, 6.45) is 11.6. The molecule has 0 spiro atoms. The van der Waals surface area contributed by atoms with Gasteiger partial charge in [0.05, 0.1) is 5.69 Å². The Balaban J connectivity index is 1.42. The molecule has 1 saturated heterocycles. The molecule has 2 aromatic rings. The molecule has 0 radical (unpaired) electrons. The molecule has 1 aromatic heterocycles. The number of carbonyl (C=O) groups excluding carboxylic acids is 1. The molecule has 1 aliphatic heterocycles. The van der Waals surface area contributed by atoms with Gasteiger partial charge in [-0.05, 0) is 55.2 Å². The van der Waals surface area contributed by atoms with Gasteiger partial charge in [0.2, 0.25) is 6.29 Å². The molecule has 0 amide bonds. The van der Waals surface area contributed by atoms with Gasteiger partial charge in [0.25, 0.3) is 0 Å². The van der Waals surface area contributed by atoms with Crippen LogP contribution < -0.4 is 4.74 Å². The molecule has 2 atom stereocenters. The van der Waals surface area contributed by atoms with Gasteiger partial charge in [-0.1, -0.05) is 58.4 Å². The number of ether oxygens (including phenoxy) is 3. The van der Waals surface area contributed by atoms with E-state index in [1.807, 2.05) is 18.3 Å². The van der Waals surface area contributed by atoms with Crippen LogP contribution in [0.3, 0.4) is 0 Å². The smallest absolute Gasteiger partial charge is 0.401 e. The lowest BCUT2D eigenvalue weighted by atomic mass is 10.1. The largest absolute Gasteiger partial charge is 0.516 e. The molecule has 30 heavy (non-hydrogen) atoms. The Kier molecular flexibility index (Phi) is 8.69. The van der Waals surface area contributed by atoms with Crippen molar-refractivity contribution in [3.05, 3.63) is 48.2 Å². The average Bonchev–Trinajstić information content (AvgIpc) is 3.49. The zero-order chi connectivity index (χ0) is 21.2. The summed E-state index contributed by atoms with van der Waals surface area (Å²) >= 11 is 0. The van der Waals surface area contributed by atoms with Gasteiger partial charge in [-0.15, -0.1) is 0 Å². The normalized spacial score (nSPS) is 17.5. The Hall–Kier alpha value is -2.40. The molecule has 3 rings (SSSR count). The Morgan fingerprint density at radius 3 is 2.43 bits per heavy atom. The number of carbonyl (C=O) groups is 1. The maximum Gasteiger partial charge on any atom is 0.516 e. The SMILES string of the molecule is CCCCCCCCc1ccc(-c2ccc(OC(=O)O[C@H]3O[C@@H]3CCC)cc2)nc1. The highest BCUT2D eigenvalue weighted by molar-refractivity contribution is 5.66. The van der Waals surface area contributed by atoms with Crippen molar-refractivity contribution in [2.24, 2.45) is 0 Å². The molecule has 1 fully saturated rings. The first-order valence-corrected chi connectivity index (χ1v) is 11.3. The zero-order valence-corrected chi connectivity index (χ0v) is 18.1. The predicted octanol–water partition coefficient (Wildman–Crippen LogP) is 6.69. The van der Waals surface area contributed by atoms with Gasteiger partial charge in [-0.25, -0.2) is 4.79 Å². The molecular weight excluding hydrogens is 378 g/mol. The van der Waals surface area contributed by atoms with E-state index in [9.17, 15) is 4.79 Å². The van der Waals surface area contributed by atoms with Crippen molar-refractivity contribution in [3.63, 3.8) is 0 Å². The van der Waals surface area contributed by atoms with E-state index in [1.54, 1.807) is 12.1 Å². The van der Waals surface area contributed by atoms with E-state index in [2.05, 4.69) is 31.0 Å². The van der Waals surface area contributed by atoms with Crippen LogP contribution in [0.4, 0.5) is 4.79 Å². The second kappa shape index (κ2) is 11.7. The van der Waals surface area contributed by atoms with Crippen LogP contribution in [-0.4, -0.2) is 23.5 Å². The van der Waals surface area contributed by atoms with Gasteiger partial charge in [0.15, 0.2) is 0 Å². The van der Waals surface area contributed by atoms with Crippen LogP contribution in [0.5, 0.6) is 5.75 Å². The minimum atomic E-state index is -0.733. The summed E-state index contributed by atoms with van der Waals surface area (Å²) in [5.41, 5.74) is 3.17. The second-order valence-electron chi connectivity index (χ2n) is 7.90. The third-order valence-corrected chi connectivity index (χ3v) is 5.32. The molecule has 1 aliphatic rings. The van der Waals surface area contributed by atoms with E-state index >= 15 is 0 Å². The summed E-state index contributed by atoms with van der Waals surface area (Å²) in [7, 11) is 0. The minimum absolute atomic E-state index is 0.0139. The van der Waals surface area contributed by atoms with Gasteiger partial charge in [-0.2, -0.15) is 0 Å². The van der Waals surface area contributed by atoms with Crippen LogP contribution in [0.2, 0.25) is 0 Å². The van der Waals surface area contributed by atoms with E-state index < -0.39 is 12.4 Å². The fourth-order valence-corrected chi connectivity index (χ4v) is 3.48. The summed E-state index contributed by atoms with van der Waals surface area (Å²) in [5, 5.41) is 0. The monoisotopic (exact) mass is 411 g/mol. The van der Waals surface area contributed by atoms with Gasteiger partial charge < -0.3 is 14.2 Å². The predicted molar refractivity (Wildman–Crippen MR) is 117 cm³/mol. The lowest BCUT2D eigenvalue weighted by Gasteiger charge is -2.06. The number of hydrogen-bond donors (Lipinski definition) is 0. The third kappa shape index (κ3) is 7.13. The standard InChI is InChI=1S/C25H33NO4/c1-3-5-6-7-8-9-11-19-12-17-22(26-18-19)20-13-15-21(16-14-20)28-25(27)30-24-23(29-24)10-4-2/h12-18,23-24H,3-11H2,1-2H3/t23-,24-/m1/s1. The Morgan fingerprint density at radius 1 is 0.967 bits per heavy atom. The van der Waals surface area contributed by atoms with Crippen molar-refractivity contribution in [2.45, 2.75) is 84.0 Å². The van der Waals surface area contributed by atoms with Crippen molar-refractivity contribution in [1.82, 2.24) is 4.98 Å². The molecule has 1 aromatic carbocycles. The first kappa shape index (κ1) is 22.3. The zero-order valence-electron chi connectivity index (χ0n) is 18.1. The van der Waals surface area contributed by atoms with E-state index in [0.29, 0.717) is 5.75 Å². The summed E-state index contributed by atoms with van der Waals surface area (Å²) in [5.74, 6) is 0.441. The lowest BCUT2D eigenvalue weighted by Crippen LogP contribution is -2.14. The molecule has 5 nitrogen and oxygen atoms in total. The minimum Gasteiger partial charge on any atom is -0.401 e. The number of rotatable bonds is 12. The first-order valence-electron chi connectivity index (χ1n) is 11.3. The molecule has 0 unspecified atom stereocenters. The number of epoxide rings is 1. The fraction of sp³-hybridized carbons (Fsp3) is 0.520. The van der Waals surface area contributed by atoms with E-state index in [1.165, 1.54) is 44.1 Å². The molecular formula is C25H33NO4. The van der Waals surface area contributed by atoms with Crippen LogP contribution >= 0.6 is 0 Å². The van der Waals surface area contributed by atoms with Crippen LogP contribution in [0.15, 0.2) is 42.6 Å². The lowest BCUT2D eigenvalue weighted by molar-refractivity contribution is 0.0562. The molecule has 0 bridgehead atoms. The van der Waals surface area contributed by atoms with Crippen LogP contribution in [-0.2, 0) is 15.9 Å². The highest BCUT2D eigenvalue weighted by Gasteiger charge is 2.42. The number of unbranched alkanes of at least 4 members (excludes halogenated alkanes) is 5. The van der Waals surface area contributed by atoms with Crippen molar-refractivity contribution in [2.75, 3.05) is 0 Å². The van der Waals surface area contributed by atoms with Crippen molar-refractivity contribution >= 4 is 6.16 Å². The number of pyridine rings is 1. The molecule has 0 saturated carbocycles. The third-order valence-electron chi connectivity index (χ3n) is 5.32. The van der Waals surface area contributed by atoms with E-state index in [4.69, 9.17) is 14.2 Å². The number of nitrogens with zero attached hydrogens (tertiary/aromatic N) is 1. The second-order valence-corrected chi connectivity index (χ2v) is 7.90. The van der Waals surface area contributed by atoms with E-state index in [-0.39, 0.29) is 6.10 Å². The van der Waals surface area contributed by atoms with Gasteiger partial charge in [0.1, 0.15) is 11.9 Å². The molecule has 5 heteroatoms. The highest BCUT2D eigenvalue weighted by atomic mass is 16.8. The molecule has 162 valence electrons. The van der Waals surface area contributed by atoms with Crippen molar-refractivity contribution in [1.29, 1.82) is 0 Å². The average molecular weight is 412 g/mol. The first-order chi connectivity index (χ1) is 14.7. The van der Waals surface area contributed by atoms with Gasteiger partial charge >= 0.3 is 6.16 Å². The Bertz CT molecular complexity index is 773. The molecule has 0 aliphatic carbocycles. The molecule has 0 N–H and O–H groups in total. The fourth-order valence-electron chi connectivity index (χ4n) is 3.48. The summed E-state index contributed by atoms with van der Waals surface area (Å²) in [6, 6.07) is 11.5. The summed E-state index contributed by atoms with van der Waals surface area (Å²) < 4.78 is 15.6. The van der Waals surface area contributed by atoms with E-state index in [0.717, 1.165) is 30.5 Å². The number of aryl methyl sites for hydroxylation is 1. The van der Waals surface area contributed by atoms with Crippen molar-refractivity contribution in [3.8, 4) is 17.0 Å². The quantitative estimate of drug-likeness (QED) is 0.168. The highest BCUT2D eigenvalue weighted by Crippen LogP contribution is 2.28. The maximum atomic E-state index is 11.8. The topological polar surface area (TPSA) is 61.0 Å². The molecule has 2 heterocycles. The number of aromatic nitrogens is 1. The maximum absolute atomic E-state index is 11.8. The Labute approximate surface area is 179 Å². The van der Waals surface area contributed by atoms with Crippen LogP contribution in [0, 0.1) is 0 Å². The summed E-state index contributed by atoms with van der Waals surface area (Å²) in [4.78, 5) is 16.4. The number of hydrogen-bond acceptors (Lipinski definition) is 5. The van der Waals surface area contributed by atoms with Crippen LogP contribution in [0.25, 0.3) is 11.3 Å². The Morgan fingerprint density at radius 2 is 1.73 bits per heavy atom.